The molecule has 128 valence electrons. The van der Waals surface area contributed by atoms with Gasteiger partial charge >= 0.3 is 17.9 Å². The molecule has 0 amide bonds. The third kappa shape index (κ3) is 2.38. The molecule has 4 rings (SSSR count). The number of carbonyl (C=O) groups is 2. The van der Waals surface area contributed by atoms with E-state index in [4.69, 9.17) is 9.47 Å². The average Bonchev–Trinajstić information content (AvgIpc) is 3.14. The lowest BCUT2D eigenvalue weighted by Crippen LogP contribution is -2.38. The molecule has 0 radical (unpaired) electrons. The van der Waals surface area contributed by atoms with Gasteiger partial charge in [0.25, 0.3) is 0 Å². The molecule has 5 nitrogen and oxygen atoms in total. The molecule has 2 aliphatic heterocycles. The van der Waals surface area contributed by atoms with Crippen LogP contribution in [0.3, 0.4) is 0 Å². The molecule has 7 unspecified atom stereocenters. The molecule has 1 spiro atoms. The Morgan fingerprint density at radius 2 is 2.17 bits per heavy atom. The van der Waals surface area contributed by atoms with Crippen molar-refractivity contribution in [2.75, 3.05) is 0 Å². The Kier molecular flexibility index (Phi) is 3.46. The molecular formula is C14H16F2O5S2. The molecule has 4 fully saturated rings. The highest BCUT2D eigenvalue weighted by Gasteiger charge is 2.66. The monoisotopic (exact) mass is 366 g/mol. The minimum absolute atomic E-state index is 0.0537. The van der Waals surface area contributed by atoms with E-state index < -0.39 is 30.1 Å². The van der Waals surface area contributed by atoms with Gasteiger partial charge in [0, 0.05) is 6.92 Å². The predicted molar refractivity (Wildman–Crippen MR) is 78.9 cm³/mol. The topological polar surface area (TPSA) is 72.8 Å². The molecule has 0 aromatic rings. The fourth-order valence-electron chi connectivity index (χ4n) is 4.07. The molecule has 2 saturated heterocycles. The summed E-state index contributed by atoms with van der Waals surface area (Å²) in [5.41, 5.74) is -0.345. The Morgan fingerprint density at radius 3 is 2.74 bits per heavy atom. The number of fused-ring (bicyclic) bond motifs is 4. The highest BCUT2D eigenvalue weighted by atomic mass is 32.2. The second kappa shape index (κ2) is 4.98. The summed E-state index contributed by atoms with van der Waals surface area (Å²) in [7, 11) is 0. The molecule has 23 heavy (non-hydrogen) atoms. The number of rotatable bonds is 2. The summed E-state index contributed by atoms with van der Waals surface area (Å²) in [5, 5.41) is 9.61. The quantitative estimate of drug-likeness (QED) is 0.747. The van der Waals surface area contributed by atoms with Crippen LogP contribution in [0.1, 0.15) is 26.2 Å². The van der Waals surface area contributed by atoms with Crippen LogP contribution < -0.4 is 0 Å². The summed E-state index contributed by atoms with van der Waals surface area (Å²) in [6.07, 6.45) is 0.533. The van der Waals surface area contributed by atoms with Crippen molar-refractivity contribution in [2.45, 2.75) is 59.1 Å². The number of hydrogen-bond donors (Lipinski definition) is 1. The van der Waals surface area contributed by atoms with Gasteiger partial charge in [-0.15, -0.1) is 11.8 Å². The van der Waals surface area contributed by atoms with Gasteiger partial charge in [0.1, 0.15) is 6.10 Å². The Bertz CT molecular complexity index is 568. The van der Waals surface area contributed by atoms with Crippen LogP contribution in [-0.2, 0) is 19.1 Å². The number of halogens is 2. The standard InChI is InChI=1S/C14H16F2O5S2/c1-13(15,16)12(19)20-7-3-6-2-5(7)4-14(6)22-9-8(17)10(18)21-11(9)23-14/h5-9,11,17H,2-4H2,1H3. The van der Waals surface area contributed by atoms with Gasteiger partial charge in [0.05, 0.1) is 9.33 Å². The normalized spacial score (nSPS) is 47.9. The highest BCUT2D eigenvalue weighted by Crippen LogP contribution is 2.69. The fourth-order valence-corrected chi connectivity index (χ4v) is 8.32. The zero-order valence-corrected chi connectivity index (χ0v) is 13.9. The summed E-state index contributed by atoms with van der Waals surface area (Å²) in [6, 6.07) is 0. The van der Waals surface area contributed by atoms with Gasteiger partial charge in [-0.3, -0.25) is 0 Å². The number of ether oxygens (including phenoxy) is 2. The molecule has 2 bridgehead atoms. The summed E-state index contributed by atoms with van der Waals surface area (Å²) >= 11 is 3.13. The van der Waals surface area contributed by atoms with Crippen LogP contribution >= 0.6 is 23.5 Å². The number of thioether (sulfide) groups is 2. The summed E-state index contributed by atoms with van der Waals surface area (Å²) < 4.78 is 36.0. The van der Waals surface area contributed by atoms with Gasteiger partial charge in [0.2, 0.25) is 0 Å². The molecule has 2 saturated carbocycles. The SMILES string of the molecule is CC(F)(F)C(=O)OC1CC2CC1CC21SC2OC(=O)C(O)C2S1. The molecule has 4 aliphatic rings. The van der Waals surface area contributed by atoms with E-state index in [2.05, 4.69) is 0 Å². The fraction of sp³-hybridized carbons (Fsp3) is 0.857. The number of aliphatic hydroxyl groups excluding tert-OH is 1. The van der Waals surface area contributed by atoms with E-state index in [0.717, 1.165) is 12.8 Å². The van der Waals surface area contributed by atoms with Crippen molar-refractivity contribution in [2.24, 2.45) is 11.8 Å². The lowest BCUT2D eigenvalue weighted by molar-refractivity contribution is -0.177. The van der Waals surface area contributed by atoms with E-state index >= 15 is 0 Å². The van der Waals surface area contributed by atoms with Gasteiger partial charge in [-0.1, -0.05) is 11.8 Å². The van der Waals surface area contributed by atoms with Crippen LogP contribution in [0.4, 0.5) is 8.78 Å². The van der Waals surface area contributed by atoms with Crippen LogP contribution in [0, 0.1) is 11.8 Å². The molecule has 0 aromatic carbocycles. The van der Waals surface area contributed by atoms with Crippen molar-refractivity contribution in [1.82, 2.24) is 0 Å². The predicted octanol–water partition coefficient (Wildman–Crippen LogP) is 1.77. The van der Waals surface area contributed by atoms with E-state index in [0.29, 0.717) is 13.3 Å². The molecule has 7 atom stereocenters. The molecule has 0 aromatic heterocycles. The van der Waals surface area contributed by atoms with Crippen molar-refractivity contribution in [3.63, 3.8) is 0 Å². The number of esters is 2. The number of hydrogen-bond acceptors (Lipinski definition) is 7. The lowest BCUT2D eigenvalue weighted by Gasteiger charge is -2.36. The van der Waals surface area contributed by atoms with Gasteiger partial charge in [0.15, 0.2) is 11.5 Å². The van der Waals surface area contributed by atoms with E-state index in [9.17, 15) is 23.5 Å². The van der Waals surface area contributed by atoms with Gasteiger partial charge < -0.3 is 14.6 Å². The summed E-state index contributed by atoms with van der Waals surface area (Å²) in [5.74, 6) is -5.24. The van der Waals surface area contributed by atoms with Crippen molar-refractivity contribution >= 4 is 35.5 Å². The van der Waals surface area contributed by atoms with Gasteiger partial charge in [-0.25, -0.2) is 9.59 Å². The zero-order chi connectivity index (χ0) is 16.6. The number of carbonyl (C=O) groups excluding carboxylic acids is 2. The first-order chi connectivity index (χ1) is 10.7. The van der Waals surface area contributed by atoms with Crippen molar-refractivity contribution in [3.8, 4) is 0 Å². The molecule has 9 heteroatoms. The second-order valence-corrected chi connectivity index (χ2v) is 9.92. The van der Waals surface area contributed by atoms with Gasteiger partial charge in [-0.05, 0) is 31.1 Å². The lowest BCUT2D eigenvalue weighted by atomic mass is 9.96. The maximum absolute atomic E-state index is 13.0. The zero-order valence-electron chi connectivity index (χ0n) is 12.2. The van der Waals surface area contributed by atoms with Gasteiger partial charge in [-0.2, -0.15) is 8.78 Å². The average molecular weight is 366 g/mol. The van der Waals surface area contributed by atoms with Crippen molar-refractivity contribution < 1.29 is 33.0 Å². The Morgan fingerprint density at radius 1 is 1.43 bits per heavy atom. The number of alkyl halides is 2. The third-order valence-electron chi connectivity index (χ3n) is 5.12. The Labute approximate surface area is 139 Å². The van der Waals surface area contributed by atoms with E-state index in [1.54, 1.807) is 23.5 Å². The Balaban J connectivity index is 1.42. The minimum Gasteiger partial charge on any atom is -0.458 e. The number of aliphatic hydroxyl groups is 1. The summed E-state index contributed by atoms with van der Waals surface area (Å²) in [6.45, 7) is 0.545. The maximum atomic E-state index is 13.0. The molecular weight excluding hydrogens is 350 g/mol. The van der Waals surface area contributed by atoms with Crippen molar-refractivity contribution in [1.29, 1.82) is 0 Å². The molecule has 1 N–H and O–H groups in total. The summed E-state index contributed by atoms with van der Waals surface area (Å²) in [4.78, 5) is 22.8. The molecule has 2 aliphatic carbocycles. The van der Waals surface area contributed by atoms with Crippen LogP contribution in [0.25, 0.3) is 0 Å². The minimum atomic E-state index is -3.47. The third-order valence-corrected chi connectivity index (χ3v) is 9.07. The molecule has 2 heterocycles. The smallest absolute Gasteiger partial charge is 0.376 e. The van der Waals surface area contributed by atoms with Crippen LogP contribution in [0.15, 0.2) is 0 Å². The van der Waals surface area contributed by atoms with Crippen molar-refractivity contribution in [3.05, 3.63) is 0 Å². The second-order valence-electron chi connectivity index (χ2n) is 6.73. The van der Waals surface area contributed by atoms with E-state index in [1.807, 2.05) is 0 Å². The van der Waals surface area contributed by atoms with E-state index in [-0.39, 0.29) is 26.6 Å². The first-order valence-corrected chi connectivity index (χ1v) is 9.29. The van der Waals surface area contributed by atoms with E-state index in [1.165, 1.54) is 0 Å². The largest absolute Gasteiger partial charge is 0.458 e. The maximum Gasteiger partial charge on any atom is 0.376 e. The first kappa shape index (κ1) is 16.0. The van der Waals surface area contributed by atoms with Crippen LogP contribution in [0.5, 0.6) is 0 Å². The van der Waals surface area contributed by atoms with Crippen LogP contribution in [0.2, 0.25) is 0 Å². The van der Waals surface area contributed by atoms with Crippen LogP contribution in [-0.4, -0.2) is 49.9 Å². The highest BCUT2D eigenvalue weighted by molar-refractivity contribution is 8.22. The Hall–Kier alpha value is -0.540. The first-order valence-electron chi connectivity index (χ1n) is 7.53.